The molecular formula is C28H35ClN6O. The van der Waals surface area contributed by atoms with Gasteiger partial charge in [0, 0.05) is 48.1 Å². The maximum absolute atomic E-state index is 6.31. The van der Waals surface area contributed by atoms with E-state index < -0.39 is 0 Å². The summed E-state index contributed by atoms with van der Waals surface area (Å²) in [7, 11) is 0. The Morgan fingerprint density at radius 2 is 1.86 bits per heavy atom. The lowest BCUT2D eigenvalue weighted by Crippen LogP contribution is -2.46. The molecule has 0 spiro atoms. The quantitative estimate of drug-likeness (QED) is 0.336. The molecule has 36 heavy (non-hydrogen) atoms. The standard InChI is InChI=1S/C28H35ClN6O/c1-5-33-10-12-34(13-11-33)23-7-8-24-25(16-23)31-28(30-24)26-14-20(4)35(32-26)17-21-15-22(29)6-9-27(21)36-18-19(2)3/h6-9,14-16,19H,5,10-13,17-18H2,1-4H3,(H,30,31). The average Bonchev–Trinajstić information content (AvgIpc) is 3.46. The van der Waals surface area contributed by atoms with Crippen molar-refractivity contribution < 1.29 is 4.74 Å². The van der Waals surface area contributed by atoms with Crippen molar-refractivity contribution in [2.75, 3.05) is 44.2 Å². The maximum atomic E-state index is 6.31. The SMILES string of the molecule is CCN1CCN(c2ccc3nc(-c4cc(C)n(Cc5cc(Cl)ccc5OCC(C)C)n4)[nH]c3c2)CC1. The van der Waals surface area contributed by atoms with Crippen molar-refractivity contribution in [1.82, 2.24) is 24.6 Å². The number of aromatic amines is 1. The summed E-state index contributed by atoms with van der Waals surface area (Å²) in [6.07, 6.45) is 0. The number of anilines is 1. The Morgan fingerprint density at radius 3 is 2.61 bits per heavy atom. The molecule has 2 aromatic heterocycles. The lowest BCUT2D eigenvalue weighted by Gasteiger charge is -2.35. The zero-order chi connectivity index (χ0) is 25.2. The van der Waals surface area contributed by atoms with E-state index in [1.807, 2.05) is 22.9 Å². The van der Waals surface area contributed by atoms with Gasteiger partial charge in [-0.25, -0.2) is 4.98 Å². The molecule has 1 aliphatic heterocycles. The van der Waals surface area contributed by atoms with Crippen LogP contribution in [0.25, 0.3) is 22.6 Å². The van der Waals surface area contributed by atoms with Crippen molar-refractivity contribution in [2.24, 2.45) is 5.92 Å². The number of hydrogen-bond donors (Lipinski definition) is 1. The minimum Gasteiger partial charge on any atom is -0.493 e. The Bertz CT molecular complexity index is 1340. The van der Waals surface area contributed by atoms with Crippen molar-refractivity contribution in [3.05, 3.63) is 58.7 Å². The van der Waals surface area contributed by atoms with Crippen LogP contribution in [0.5, 0.6) is 5.75 Å². The molecule has 1 saturated heterocycles. The summed E-state index contributed by atoms with van der Waals surface area (Å²) in [5.41, 5.74) is 6.12. The number of rotatable bonds is 8. The number of fused-ring (bicyclic) bond motifs is 1. The summed E-state index contributed by atoms with van der Waals surface area (Å²) in [6, 6.07) is 14.3. The van der Waals surface area contributed by atoms with Crippen molar-refractivity contribution in [1.29, 1.82) is 0 Å². The van der Waals surface area contributed by atoms with E-state index in [4.69, 9.17) is 26.4 Å². The highest BCUT2D eigenvalue weighted by atomic mass is 35.5. The van der Waals surface area contributed by atoms with E-state index in [0.29, 0.717) is 24.1 Å². The third kappa shape index (κ3) is 5.37. The van der Waals surface area contributed by atoms with Crippen LogP contribution in [0, 0.1) is 12.8 Å². The maximum Gasteiger partial charge on any atom is 0.159 e. The van der Waals surface area contributed by atoms with Gasteiger partial charge in [-0.1, -0.05) is 32.4 Å². The highest BCUT2D eigenvalue weighted by Gasteiger charge is 2.18. The molecule has 2 aromatic carbocycles. The monoisotopic (exact) mass is 506 g/mol. The molecule has 0 radical (unpaired) electrons. The number of aromatic nitrogens is 4. The summed E-state index contributed by atoms with van der Waals surface area (Å²) in [5.74, 6) is 2.07. The lowest BCUT2D eigenvalue weighted by atomic mass is 10.2. The average molecular weight is 507 g/mol. The van der Waals surface area contributed by atoms with Crippen LogP contribution in [0.2, 0.25) is 5.02 Å². The number of nitrogens with zero attached hydrogens (tertiary/aromatic N) is 5. The van der Waals surface area contributed by atoms with Crippen LogP contribution in [0.1, 0.15) is 32.0 Å². The van der Waals surface area contributed by atoms with Gasteiger partial charge in [0.2, 0.25) is 0 Å². The van der Waals surface area contributed by atoms with Crippen molar-refractivity contribution in [2.45, 2.75) is 34.2 Å². The third-order valence-corrected chi connectivity index (χ3v) is 7.02. The third-order valence-electron chi connectivity index (χ3n) is 6.79. The number of hydrogen-bond acceptors (Lipinski definition) is 5. The number of imidazole rings is 1. The van der Waals surface area contributed by atoms with Crippen molar-refractivity contribution >= 4 is 28.3 Å². The molecule has 5 rings (SSSR count). The van der Waals surface area contributed by atoms with Crippen LogP contribution in [0.15, 0.2) is 42.5 Å². The van der Waals surface area contributed by atoms with Gasteiger partial charge in [-0.05, 0) is 61.9 Å². The van der Waals surface area contributed by atoms with E-state index in [-0.39, 0.29) is 0 Å². The van der Waals surface area contributed by atoms with E-state index in [9.17, 15) is 0 Å². The normalized spacial score (nSPS) is 14.8. The molecule has 0 saturated carbocycles. The van der Waals surface area contributed by atoms with E-state index in [0.717, 1.165) is 72.3 Å². The van der Waals surface area contributed by atoms with Crippen LogP contribution < -0.4 is 9.64 Å². The molecule has 7 nitrogen and oxygen atoms in total. The minimum atomic E-state index is 0.445. The minimum absolute atomic E-state index is 0.445. The number of aryl methyl sites for hydroxylation is 1. The van der Waals surface area contributed by atoms with E-state index in [2.05, 4.69) is 66.7 Å². The van der Waals surface area contributed by atoms with Gasteiger partial charge in [0.1, 0.15) is 11.4 Å². The molecule has 8 heteroatoms. The van der Waals surface area contributed by atoms with E-state index in [1.165, 1.54) is 5.69 Å². The fraction of sp³-hybridized carbons (Fsp3) is 0.429. The number of H-pyrrole nitrogens is 1. The Morgan fingerprint density at radius 1 is 1.06 bits per heavy atom. The Kier molecular flexibility index (Phi) is 7.21. The number of ether oxygens (including phenoxy) is 1. The number of likely N-dealkylation sites (N-methyl/N-ethyl adjacent to an activating group) is 1. The molecule has 0 atom stereocenters. The van der Waals surface area contributed by atoms with E-state index >= 15 is 0 Å². The van der Waals surface area contributed by atoms with Crippen LogP contribution in [-0.2, 0) is 6.54 Å². The molecule has 190 valence electrons. The van der Waals surface area contributed by atoms with Crippen molar-refractivity contribution in [3.8, 4) is 17.3 Å². The fourth-order valence-electron chi connectivity index (χ4n) is 4.65. The van der Waals surface area contributed by atoms with Gasteiger partial charge in [0.15, 0.2) is 5.82 Å². The lowest BCUT2D eigenvalue weighted by molar-refractivity contribution is 0.268. The molecule has 3 heterocycles. The second kappa shape index (κ2) is 10.5. The number of piperazine rings is 1. The topological polar surface area (TPSA) is 62.2 Å². The zero-order valence-corrected chi connectivity index (χ0v) is 22.3. The summed E-state index contributed by atoms with van der Waals surface area (Å²) >= 11 is 6.31. The smallest absolute Gasteiger partial charge is 0.159 e. The van der Waals surface area contributed by atoms with Gasteiger partial charge in [0.25, 0.3) is 0 Å². The molecular weight excluding hydrogens is 472 g/mol. The first-order chi connectivity index (χ1) is 17.4. The first-order valence-electron chi connectivity index (χ1n) is 12.8. The Labute approximate surface area is 218 Å². The van der Waals surface area contributed by atoms with Gasteiger partial charge < -0.3 is 19.5 Å². The summed E-state index contributed by atoms with van der Waals surface area (Å²) in [4.78, 5) is 13.3. The highest BCUT2D eigenvalue weighted by Crippen LogP contribution is 2.28. The first kappa shape index (κ1) is 24.7. The van der Waals surface area contributed by atoms with Gasteiger partial charge in [-0.3, -0.25) is 4.68 Å². The largest absolute Gasteiger partial charge is 0.493 e. The second-order valence-corrected chi connectivity index (χ2v) is 10.4. The molecule has 0 aliphatic carbocycles. The Balaban J connectivity index is 1.37. The predicted octanol–water partition coefficient (Wildman–Crippen LogP) is 5.61. The summed E-state index contributed by atoms with van der Waals surface area (Å²) < 4.78 is 8.03. The number of nitrogens with one attached hydrogen (secondary N) is 1. The predicted molar refractivity (Wildman–Crippen MR) is 147 cm³/mol. The van der Waals surface area contributed by atoms with Crippen LogP contribution in [0.3, 0.4) is 0 Å². The summed E-state index contributed by atoms with van der Waals surface area (Å²) in [5, 5.41) is 5.57. The highest BCUT2D eigenvalue weighted by molar-refractivity contribution is 6.30. The first-order valence-corrected chi connectivity index (χ1v) is 13.2. The van der Waals surface area contributed by atoms with Gasteiger partial charge >= 0.3 is 0 Å². The van der Waals surface area contributed by atoms with Crippen LogP contribution in [0.4, 0.5) is 5.69 Å². The van der Waals surface area contributed by atoms with E-state index in [1.54, 1.807) is 0 Å². The van der Waals surface area contributed by atoms with Gasteiger partial charge in [-0.2, -0.15) is 5.10 Å². The van der Waals surface area contributed by atoms with Crippen molar-refractivity contribution in [3.63, 3.8) is 0 Å². The number of halogens is 1. The molecule has 0 amide bonds. The molecule has 0 unspecified atom stereocenters. The summed E-state index contributed by atoms with van der Waals surface area (Å²) in [6.45, 7) is 15.2. The van der Waals surface area contributed by atoms with Crippen LogP contribution >= 0.6 is 11.6 Å². The zero-order valence-electron chi connectivity index (χ0n) is 21.6. The molecule has 0 bridgehead atoms. The fourth-order valence-corrected chi connectivity index (χ4v) is 4.85. The molecule has 4 aromatic rings. The Hall–Kier alpha value is -3.03. The van der Waals surface area contributed by atoms with Crippen LogP contribution in [-0.4, -0.2) is 64.0 Å². The van der Waals surface area contributed by atoms with Gasteiger partial charge in [0.05, 0.1) is 24.2 Å². The number of benzene rings is 2. The molecule has 1 aliphatic rings. The second-order valence-electron chi connectivity index (χ2n) is 9.99. The molecule has 1 fully saturated rings. The molecule has 1 N–H and O–H groups in total. The van der Waals surface area contributed by atoms with Gasteiger partial charge in [-0.15, -0.1) is 0 Å².